The van der Waals surface area contributed by atoms with Crippen LogP contribution in [0, 0.1) is 0 Å². The molecule has 0 fully saturated rings. The van der Waals surface area contributed by atoms with Gasteiger partial charge >= 0.3 is 0 Å². The summed E-state index contributed by atoms with van der Waals surface area (Å²) in [5.74, 6) is 0. The molecule has 4 heteroatoms. The topological polar surface area (TPSA) is 6.48 Å². The second kappa shape index (κ2) is 14.0. The molecular formula is C52H48N2Si2. The number of benzene rings is 9. The van der Waals surface area contributed by atoms with Crippen molar-refractivity contribution in [1.82, 2.24) is 0 Å². The van der Waals surface area contributed by atoms with Crippen molar-refractivity contribution in [2.24, 2.45) is 0 Å². The second-order valence-electron chi connectivity index (χ2n) is 17.0. The molecule has 0 saturated heterocycles. The van der Waals surface area contributed by atoms with Crippen molar-refractivity contribution in [3.05, 3.63) is 182 Å². The number of hydrogen-bond donors (Lipinski definition) is 0. The van der Waals surface area contributed by atoms with Crippen LogP contribution in [-0.4, -0.2) is 16.1 Å². The van der Waals surface area contributed by atoms with Gasteiger partial charge in [0.1, 0.15) is 0 Å². The van der Waals surface area contributed by atoms with E-state index in [1.807, 2.05) is 0 Å². The summed E-state index contributed by atoms with van der Waals surface area (Å²) >= 11 is 0. The molecule has 0 radical (unpaired) electrons. The molecule has 0 N–H and O–H groups in total. The van der Waals surface area contributed by atoms with Crippen LogP contribution in [0.25, 0.3) is 43.1 Å². The molecule has 0 aliphatic carbocycles. The maximum absolute atomic E-state index is 2.52. The van der Waals surface area contributed by atoms with Gasteiger partial charge in [-0.15, -0.1) is 0 Å². The Morgan fingerprint density at radius 3 is 1.05 bits per heavy atom. The van der Waals surface area contributed by atoms with Crippen molar-refractivity contribution in [3.8, 4) is 0 Å². The van der Waals surface area contributed by atoms with Gasteiger partial charge in [-0.3, -0.25) is 0 Å². The maximum Gasteiger partial charge on any atom is 0.0792 e. The summed E-state index contributed by atoms with van der Waals surface area (Å²) in [5.41, 5.74) is 7.03. The third-order valence-corrected chi connectivity index (χ3v) is 15.2. The number of hydrogen-bond acceptors (Lipinski definition) is 2. The average molecular weight is 757 g/mol. The van der Waals surface area contributed by atoms with E-state index in [1.165, 1.54) is 76.2 Å². The Morgan fingerprint density at radius 1 is 0.286 bits per heavy atom. The number of nitrogens with zero attached hydrogens (tertiary/aromatic N) is 2. The third kappa shape index (κ3) is 6.29. The maximum atomic E-state index is 2.52. The molecule has 0 unspecified atom stereocenters. The Hall–Kier alpha value is -5.95. The van der Waals surface area contributed by atoms with Gasteiger partial charge < -0.3 is 9.80 Å². The fourth-order valence-electron chi connectivity index (χ4n) is 8.91. The Bertz CT molecular complexity index is 2690. The summed E-state index contributed by atoms with van der Waals surface area (Å²) in [5, 5.41) is 13.6. The van der Waals surface area contributed by atoms with Crippen molar-refractivity contribution in [2.45, 2.75) is 39.3 Å². The van der Waals surface area contributed by atoms with Gasteiger partial charge in [-0.05, 0) is 103 Å². The van der Waals surface area contributed by atoms with E-state index in [1.54, 1.807) is 0 Å². The summed E-state index contributed by atoms with van der Waals surface area (Å²) in [6.45, 7) is 15.1. The number of fused-ring (bicyclic) bond motifs is 4. The first-order chi connectivity index (χ1) is 27.1. The van der Waals surface area contributed by atoms with Crippen LogP contribution in [0.5, 0.6) is 0 Å². The molecule has 274 valence electrons. The standard InChI is InChI=1S/C52H48N2Si2/c1-55(2,3)51-45-33-31-41(53(39-23-9-7-10-24-39)49-29-17-21-37-19-13-15-27-43(37)49)35-47(45)52(56(4,5)6)48-36-42(32-34-46(48)51)54(40-25-11-8-12-26-40)50-30-18-22-38-20-14-16-28-44(38)50/h7-36H,1-6H3. The fourth-order valence-corrected chi connectivity index (χ4v) is 13.0. The quantitative estimate of drug-likeness (QED) is 0.113. The molecule has 0 spiro atoms. The van der Waals surface area contributed by atoms with Crippen LogP contribution in [0.3, 0.4) is 0 Å². The highest BCUT2D eigenvalue weighted by Gasteiger charge is 2.31. The van der Waals surface area contributed by atoms with Crippen LogP contribution < -0.4 is 20.2 Å². The molecule has 9 aromatic rings. The van der Waals surface area contributed by atoms with Crippen molar-refractivity contribution in [1.29, 1.82) is 0 Å². The second-order valence-corrected chi connectivity index (χ2v) is 27.0. The number of anilines is 6. The fraction of sp³-hybridized carbons (Fsp3) is 0.115. The molecule has 0 aromatic heterocycles. The van der Waals surface area contributed by atoms with Crippen molar-refractivity contribution >= 4 is 104 Å². The molecule has 0 saturated carbocycles. The lowest BCUT2D eigenvalue weighted by molar-refractivity contribution is 1.30. The largest absolute Gasteiger partial charge is 0.310 e. The van der Waals surface area contributed by atoms with Gasteiger partial charge in [0.05, 0.1) is 27.5 Å². The van der Waals surface area contributed by atoms with Crippen molar-refractivity contribution in [2.75, 3.05) is 9.80 Å². The molecular weight excluding hydrogens is 709 g/mol. The SMILES string of the molecule is C[Si](C)(C)c1c2ccc(N(c3ccccc3)c3cccc4ccccc34)cc2c([Si](C)(C)C)c2cc(N(c3ccccc3)c3cccc4ccccc34)ccc12. The first kappa shape index (κ1) is 35.7. The molecule has 0 bridgehead atoms. The van der Waals surface area contributed by atoms with Crippen LogP contribution in [0.2, 0.25) is 39.3 Å². The minimum Gasteiger partial charge on any atom is -0.310 e. The van der Waals surface area contributed by atoms with E-state index in [4.69, 9.17) is 0 Å². The smallest absolute Gasteiger partial charge is 0.0792 e. The van der Waals surface area contributed by atoms with Gasteiger partial charge in [-0.1, -0.05) is 161 Å². The highest BCUT2D eigenvalue weighted by Crippen LogP contribution is 2.43. The molecule has 0 atom stereocenters. The molecule has 9 aromatic carbocycles. The zero-order chi connectivity index (χ0) is 38.6. The number of para-hydroxylation sites is 2. The molecule has 9 rings (SSSR count). The summed E-state index contributed by atoms with van der Waals surface area (Å²) < 4.78 is 0. The molecule has 0 amide bonds. The van der Waals surface area contributed by atoms with E-state index in [0.29, 0.717) is 0 Å². The summed E-state index contributed by atoms with van der Waals surface area (Å²) in [6, 6.07) is 67.3. The zero-order valence-corrected chi connectivity index (χ0v) is 35.2. The lowest BCUT2D eigenvalue weighted by Crippen LogP contribution is -2.44. The predicted octanol–water partition coefficient (Wildman–Crippen LogP) is 14.3. The summed E-state index contributed by atoms with van der Waals surface area (Å²) in [4.78, 5) is 4.92. The molecule has 0 aliphatic heterocycles. The minimum atomic E-state index is -1.99. The van der Waals surface area contributed by atoms with Gasteiger partial charge in [0.25, 0.3) is 0 Å². The lowest BCUT2D eigenvalue weighted by Gasteiger charge is -2.32. The Labute approximate surface area is 333 Å². The number of rotatable bonds is 8. The van der Waals surface area contributed by atoms with E-state index < -0.39 is 16.1 Å². The first-order valence-corrected chi connectivity index (χ1v) is 26.8. The summed E-state index contributed by atoms with van der Waals surface area (Å²) in [7, 11) is -3.86. The van der Waals surface area contributed by atoms with Gasteiger partial charge in [0.15, 0.2) is 0 Å². The normalized spacial score (nSPS) is 12.1. The molecule has 0 heterocycles. The highest BCUT2D eigenvalue weighted by atomic mass is 28.3. The van der Waals surface area contributed by atoms with Gasteiger partial charge in [-0.25, -0.2) is 0 Å². The Morgan fingerprint density at radius 2 is 0.643 bits per heavy atom. The summed E-state index contributed by atoms with van der Waals surface area (Å²) in [6.07, 6.45) is 0. The molecule has 56 heavy (non-hydrogen) atoms. The Balaban J connectivity index is 1.36. The van der Waals surface area contributed by atoms with Crippen LogP contribution in [0.15, 0.2) is 182 Å². The van der Waals surface area contributed by atoms with Crippen molar-refractivity contribution < 1.29 is 0 Å². The first-order valence-electron chi connectivity index (χ1n) is 19.8. The highest BCUT2D eigenvalue weighted by molar-refractivity contribution is 6.95. The predicted molar refractivity (Wildman–Crippen MR) is 252 cm³/mol. The lowest BCUT2D eigenvalue weighted by atomic mass is 10.00. The van der Waals surface area contributed by atoms with Crippen LogP contribution in [0.1, 0.15) is 0 Å². The van der Waals surface area contributed by atoms with Gasteiger partial charge in [-0.2, -0.15) is 0 Å². The average Bonchev–Trinajstić information content (AvgIpc) is 3.20. The van der Waals surface area contributed by atoms with E-state index in [-0.39, 0.29) is 0 Å². The van der Waals surface area contributed by atoms with E-state index >= 15 is 0 Å². The Kier molecular flexibility index (Phi) is 8.91. The van der Waals surface area contributed by atoms with Crippen molar-refractivity contribution in [3.63, 3.8) is 0 Å². The minimum absolute atomic E-state index is 1.15. The van der Waals surface area contributed by atoms with Crippen LogP contribution >= 0.6 is 0 Å². The molecule has 2 nitrogen and oxygen atoms in total. The van der Waals surface area contributed by atoms with Crippen LogP contribution in [0.4, 0.5) is 34.1 Å². The van der Waals surface area contributed by atoms with Gasteiger partial charge in [0.2, 0.25) is 0 Å². The zero-order valence-electron chi connectivity index (χ0n) is 33.2. The van der Waals surface area contributed by atoms with E-state index in [2.05, 4.69) is 231 Å². The van der Waals surface area contributed by atoms with E-state index in [0.717, 1.165) is 11.4 Å². The van der Waals surface area contributed by atoms with E-state index in [9.17, 15) is 0 Å². The molecule has 0 aliphatic rings. The van der Waals surface area contributed by atoms with Gasteiger partial charge in [0, 0.05) is 33.5 Å². The monoisotopic (exact) mass is 756 g/mol. The van der Waals surface area contributed by atoms with Crippen LogP contribution in [-0.2, 0) is 0 Å². The third-order valence-electron chi connectivity index (χ3n) is 11.1.